The van der Waals surface area contributed by atoms with Crippen LogP contribution < -0.4 is 4.90 Å². The number of likely N-dealkylation sites (N-methyl/N-ethyl adjacent to an activating group) is 1. The van der Waals surface area contributed by atoms with Crippen molar-refractivity contribution in [2.75, 3.05) is 31.2 Å². The molecule has 0 saturated heterocycles. The first-order valence-electron chi connectivity index (χ1n) is 6.12. The van der Waals surface area contributed by atoms with Crippen LogP contribution in [0.2, 0.25) is 0 Å². The molecule has 94 valence electrons. The van der Waals surface area contributed by atoms with Gasteiger partial charge in [-0.15, -0.1) is 0 Å². The first-order valence-corrected chi connectivity index (χ1v) is 6.12. The van der Waals surface area contributed by atoms with Gasteiger partial charge in [-0.2, -0.15) is 0 Å². The van der Waals surface area contributed by atoms with Gasteiger partial charge in [-0.25, -0.2) is 0 Å². The summed E-state index contributed by atoms with van der Waals surface area (Å²) in [6.45, 7) is 9.00. The molecule has 0 atom stereocenters. The van der Waals surface area contributed by atoms with Crippen molar-refractivity contribution in [2.45, 2.75) is 20.8 Å². The molecular weight excluding hydrogens is 214 g/mol. The third-order valence-electron chi connectivity index (χ3n) is 2.73. The Balaban J connectivity index is 2.65. The average molecular weight is 235 g/mol. The van der Waals surface area contributed by atoms with Gasteiger partial charge in [0, 0.05) is 30.9 Å². The van der Waals surface area contributed by atoms with E-state index in [0.717, 1.165) is 37.6 Å². The molecule has 0 saturated carbocycles. The molecule has 1 aromatic carbocycles. The van der Waals surface area contributed by atoms with Gasteiger partial charge in [0.1, 0.15) is 0 Å². The summed E-state index contributed by atoms with van der Waals surface area (Å²) in [5, 5.41) is 0. The normalized spacial score (nSPS) is 10.3. The van der Waals surface area contributed by atoms with Crippen LogP contribution in [0.25, 0.3) is 0 Å². The van der Waals surface area contributed by atoms with Crippen molar-refractivity contribution in [3.05, 3.63) is 29.8 Å². The molecule has 0 unspecified atom stereocenters. The quantitative estimate of drug-likeness (QED) is 0.537. The highest BCUT2D eigenvalue weighted by atomic mass is 16.5. The highest BCUT2D eigenvalue weighted by Crippen LogP contribution is 2.15. The van der Waals surface area contributed by atoms with Gasteiger partial charge in [-0.1, -0.05) is 0 Å². The molecule has 0 amide bonds. The molecule has 1 rings (SSSR count). The zero-order valence-corrected chi connectivity index (χ0v) is 10.9. The van der Waals surface area contributed by atoms with Crippen molar-refractivity contribution in [1.29, 1.82) is 0 Å². The lowest BCUT2D eigenvalue weighted by atomic mass is 10.1. The van der Waals surface area contributed by atoms with Gasteiger partial charge in [0.05, 0.1) is 6.61 Å². The fraction of sp³-hybridized carbons (Fsp3) is 0.500. The van der Waals surface area contributed by atoms with E-state index in [1.54, 1.807) is 6.92 Å². The molecule has 0 aliphatic rings. The Bertz CT molecular complexity index is 346. The molecule has 3 heteroatoms. The summed E-state index contributed by atoms with van der Waals surface area (Å²) in [5.74, 6) is 0.105. The second-order valence-electron chi connectivity index (χ2n) is 3.88. The fourth-order valence-electron chi connectivity index (χ4n) is 1.70. The maximum absolute atomic E-state index is 11.2. The van der Waals surface area contributed by atoms with Gasteiger partial charge >= 0.3 is 0 Å². The maximum atomic E-state index is 11.2. The Morgan fingerprint density at radius 2 is 1.88 bits per heavy atom. The Kier molecular flexibility index (Phi) is 5.70. The topological polar surface area (TPSA) is 29.5 Å². The number of rotatable bonds is 7. The van der Waals surface area contributed by atoms with Crippen LogP contribution in [0, 0.1) is 0 Å². The van der Waals surface area contributed by atoms with Crippen molar-refractivity contribution < 1.29 is 9.53 Å². The molecule has 0 radical (unpaired) electrons. The van der Waals surface area contributed by atoms with Crippen LogP contribution in [0.4, 0.5) is 5.69 Å². The fourth-order valence-corrected chi connectivity index (χ4v) is 1.70. The summed E-state index contributed by atoms with van der Waals surface area (Å²) in [4.78, 5) is 13.4. The minimum absolute atomic E-state index is 0.105. The van der Waals surface area contributed by atoms with Crippen molar-refractivity contribution in [1.82, 2.24) is 0 Å². The van der Waals surface area contributed by atoms with Gasteiger partial charge in [0.25, 0.3) is 0 Å². The molecule has 0 N–H and O–H groups in total. The number of benzene rings is 1. The summed E-state index contributed by atoms with van der Waals surface area (Å²) in [6.07, 6.45) is 0. The molecule has 0 bridgehead atoms. The van der Waals surface area contributed by atoms with Gasteiger partial charge < -0.3 is 9.64 Å². The van der Waals surface area contributed by atoms with E-state index in [2.05, 4.69) is 11.8 Å². The van der Waals surface area contributed by atoms with E-state index in [4.69, 9.17) is 4.74 Å². The zero-order chi connectivity index (χ0) is 12.7. The molecular formula is C14H21NO2. The maximum Gasteiger partial charge on any atom is 0.159 e. The third kappa shape index (κ3) is 4.19. The van der Waals surface area contributed by atoms with E-state index in [1.165, 1.54) is 0 Å². The van der Waals surface area contributed by atoms with E-state index in [1.807, 2.05) is 31.2 Å². The lowest BCUT2D eigenvalue weighted by Gasteiger charge is -2.23. The first-order chi connectivity index (χ1) is 8.19. The SMILES string of the molecule is CCOCCN(CC)c1ccc(C(C)=O)cc1. The largest absolute Gasteiger partial charge is 0.380 e. The van der Waals surface area contributed by atoms with Gasteiger partial charge in [0.2, 0.25) is 0 Å². The summed E-state index contributed by atoms with van der Waals surface area (Å²) in [7, 11) is 0. The third-order valence-corrected chi connectivity index (χ3v) is 2.73. The van der Waals surface area contributed by atoms with Gasteiger partial charge in [-0.3, -0.25) is 4.79 Å². The van der Waals surface area contributed by atoms with E-state index < -0.39 is 0 Å². The van der Waals surface area contributed by atoms with Crippen molar-refractivity contribution in [3.8, 4) is 0 Å². The molecule has 17 heavy (non-hydrogen) atoms. The molecule has 1 aromatic rings. The van der Waals surface area contributed by atoms with Crippen molar-refractivity contribution in [2.24, 2.45) is 0 Å². The van der Waals surface area contributed by atoms with E-state index in [0.29, 0.717) is 0 Å². The summed E-state index contributed by atoms with van der Waals surface area (Å²) in [6, 6.07) is 7.74. The monoisotopic (exact) mass is 235 g/mol. The Hall–Kier alpha value is -1.35. The van der Waals surface area contributed by atoms with Crippen LogP contribution in [0.1, 0.15) is 31.1 Å². The molecule has 3 nitrogen and oxygen atoms in total. The molecule has 0 aliphatic carbocycles. The van der Waals surface area contributed by atoms with Crippen molar-refractivity contribution >= 4 is 11.5 Å². The lowest BCUT2D eigenvalue weighted by Crippen LogP contribution is -2.27. The number of hydrogen-bond acceptors (Lipinski definition) is 3. The predicted molar refractivity (Wildman–Crippen MR) is 70.8 cm³/mol. The summed E-state index contributed by atoms with van der Waals surface area (Å²) >= 11 is 0. The van der Waals surface area contributed by atoms with Crippen molar-refractivity contribution in [3.63, 3.8) is 0 Å². The summed E-state index contributed by atoms with van der Waals surface area (Å²) < 4.78 is 5.35. The molecule has 0 fully saturated rings. The first kappa shape index (κ1) is 13.7. The number of ether oxygens (including phenoxy) is 1. The summed E-state index contributed by atoms with van der Waals surface area (Å²) in [5.41, 5.74) is 1.90. The van der Waals surface area contributed by atoms with Crippen LogP contribution in [-0.4, -0.2) is 32.1 Å². The van der Waals surface area contributed by atoms with Crippen LogP contribution in [0.5, 0.6) is 0 Å². The number of carbonyl (C=O) groups excluding carboxylic acids is 1. The molecule has 0 aliphatic heterocycles. The standard InChI is InChI=1S/C14H21NO2/c1-4-15(10-11-17-5-2)14-8-6-13(7-9-14)12(3)16/h6-9H,4-5,10-11H2,1-3H3. The second-order valence-corrected chi connectivity index (χ2v) is 3.88. The number of nitrogens with zero attached hydrogens (tertiary/aromatic N) is 1. The van der Waals surface area contributed by atoms with Gasteiger partial charge in [-0.05, 0) is 45.0 Å². The number of carbonyl (C=O) groups is 1. The number of Topliss-reactive ketones (excluding diaryl/α,β-unsaturated/α-hetero) is 1. The number of anilines is 1. The molecule has 0 aromatic heterocycles. The number of hydrogen-bond donors (Lipinski definition) is 0. The minimum Gasteiger partial charge on any atom is -0.380 e. The molecule has 0 heterocycles. The number of ketones is 1. The van der Waals surface area contributed by atoms with Crippen LogP contribution in [-0.2, 0) is 4.74 Å². The minimum atomic E-state index is 0.105. The Labute approximate surface area is 103 Å². The Morgan fingerprint density at radius 1 is 1.24 bits per heavy atom. The van der Waals surface area contributed by atoms with Crippen LogP contribution >= 0.6 is 0 Å². The second kappa shape index (κ2) is 7.07. The zero-order valence-electron chi connectivity index (χ0n) is 10.9. The highest BCUT2D eigenvalue weighted by molar-refractivity contribution is 5.94. The Morgan fingerprint density at radius 3 is 2.35 bits per heavy atom. The predicted octanol–water partition coefficient (Wildman–Crippen LogP) is 2.75. The van der Waals surface area contributed by atoms with Crippen LogP contribution in [0.3, 0.4) is 0 Å². The molecule has 0 spiro atoms. The van der Waals surface area contributed by atoms with Crippen LogP contribution in [0.15, 0.2) is 24.3 Å². The van der Waals surface area contributed by atoms with E-state index in [9.17, 15) is 4.79 Å². The highest BCUT2D eigenvalue weighted by Gasteiger charge is 2.05. The lowest BCUT2D eigenvalue weighted by molar-refractivity contribution is 0.101. The smallest absolute Gasteiger partial charge is 0.159 e. The van der Waals surface area contributed by atoms with E-state index >= 15 is 0 Å². The van der Waals surface area contributed by atoms with Gasteiger partial charge in [0.15, 0.2) is 5.78 Å². The van der Waals surface area contributed by atoms with E-state index in [-0.39, 0.29) is 5.78 Å². The average Bonchev–Trinajstić information content (AvgIpc) is 2.35.